The van der Waals surface area contributed by atoms with Crippen molar-refractivity contribution in [3.63, 3.8) is 0 Å². The molecule has 5 heteroatoms. The van der Waals surface area contributed by atoms with E-state index in [1.165, 1.54) is 0 Å². The monoisotopic (exact) mass is 278 g/mol. The van der Waals surface area contributed by atoms with E-state index in [9.17, 15) is 4.79 Å². The lowest BCUT2D eigenvalue weighted by Crippen LogP contribution is -2.51. The zero-order chi connectivity index (χ0) is 13.8. The molecule has 1 fully saturated rings. The molecule has 2 rings (SSSR count). The number of carbonyl (C=O) groups excluding carboxylic acids is 1. The molecule has 1 amide bonds. The van der Waals surface area contributed by atoms with Crippen LogP contribution in [0.25, 0.3) is 0 Å². The number of amides is 1. The summed E-state index contributed by atoms with van der Waals surface area (Å²) in [5.74, 6) is 0.333. The number of hydrogen-bond donors (Lipinski definition) is 0. The van der Waals surface area contributed by atoms with Crippen LogP contribution in [0.1, 0.15) is 22.8 Å². The number of nitriles is 1. The average Bonchev–Trinajstić information content (AvgIpc) is 2.47. The van der Waals surface area contributed by atoms with Gasteiger partial charge in [0, 0.05) is 12.1 Å². The Balaban J connectivity index is 2.15. The Hall–Kier alpha value is -1.57. The summed E-state index contributed by atoms with van der Waals surface area (Å²) in [5, 5.41) is 8.75. The third kappa shape index (κ3) is 3.06. The van der Waals surface area contributed by atoms with Crippen LogP contribution in [-0.4, -0.2) is 42.0 Å². The van der Waals surface area contributed by atoms with Gasteiger partial charge < -0.3 is 9.64 Å². The molecule has 1 heterocycles. The Morgan fingerprint density at radius 3 is 2.79 bits per heavy atom. The molecule has 4 nitrogen and oxygen atoms in total. The molecule has 2 atom stereocenters. The lowest BCUT2D eigenvalue weighted by molar-refractivity contribution is -0.0371. The van der Waals surface area contributed by atoms with E-state index in [2.05, 4.69) is 0 Å². The third-order valence-electron chi connectivity index (χ3n) is 3.20. The molecular formula is C14H15ClN2O2. The van der Waals surface area contributed by atoms with E-state index in [4.69, 9.17) is 21.6 Å². The highest BCUT2D eigenvalue weighted by atomic mass is 35.5. The molecule has 2 unspecified atom stereocenters. The van der Waals surface area contributed by atoms with Crippen LogP contribution in [0.5, 0.6) is 0 Å². The molecule has 0 aromatic heterocycles. The van der Waals surface area contributed by atoms with Crippen molar-refractivity contribution in [2.24, 2.45) is 0 Å². The number of carbonyl (C=O) groups is 1. The van der Waals surface area contributed by atoms with Crippen molar-refractivity contribution in [3.05, 3.63) is 35.4 Å². The number of benzene rings is 1. The van der Waals surface area contributed by atoms with E-state index in [1.54, 1.807) is 29.2 Å². The summed E-state index contributed by atoms with van der Waals surface area (Å²) in [6, 6.07) is 8.72. The fourth-order valence-electron chi connectivity index (χ4n) is 2.05. The normalized spacial score (nSPS) is 22.9. The lowest BCUT2D eigenvalue weighted by Gasteiger charge is -2.37. The molecule has 0 bridgehead atoms. The molecular weight excluding hydrogens is 264 g/mol. The number of hydrogen-bond acceptors (Lipinski definition) is 3. The van der Waals surface area contributed by atoms with Gasteiger partial charge in [0.15, 0.2) is 0 Å². The van der Waals surface area contributed by atoms with E-state index in [-0.39, 0.29) is 18.1 Å². The number of alkyl halides is 1. The lowest BCUT2D eigenvalue weighted by atomic mass is 10.1. The predicted octanol–water partition coefficient (Wildman–Crippen LogP) is 2.03. The van der Waals surface area contributed by atoms with Gasteiger partial charge in [-0.1, -0.05) is 0 Å². The van der Waals surface area contributed by atoms with Gasteiger partial charge in [0.25, 0.3) is 5.91 Å². The van der Waals surface area contributed by atoms with Crippen molar-refractivity contribution in [2.75, 3.05) is 19.0 Å². The largest absolute Gasteiger partial charge is 0.373 e. The molecule has 0 N–H and O–H groups in total. The van der Waals surface area contributed by atoms with Gasteiger partial charge in [0.05, 0.1) is 36.3 Å². The Morgan fingerprint density at radius 1 is 1.53 bits per heavy atom. The molecule has 100 valence electrons. The quantitative estimate of drug-likeness (QED) is 0.778. The summed E-state index contributed by atoms with van der Waals surface area (Å²) in [5.41, 5.74) is 1.13. The van der Waals surface area contributed by atoms with Gasteiger partial charge in [-0.15, -0.1) is 11.6 Å². The van der Waals surface area contributed by atoms with Crippen LogP contribution in [-0.2, 0) is 4.74 Å². The van der Waals surface area contributed by atoms with Crippen molar-refractivity contribution >= 4 is 17.5 Å². The van der Waals surface area contributed by atoms with Crippen LogP contribution in [0, 0.1) is 11.3 Å². The Morgan fingerprint density at radius 2 is 2.21 bits per heavy atom. The highest BCUT2D eigenvalue weighted by molar-refractivity contribution is 6.18. The van der Waals surface area contributed by atoms with Gasteiger partial charge in [0.1, 0.15) is 0 Å². The van der Waals surface area contributed by atoms with Crippen molar-refractivity contribution in [2.45, 2.75) is 19.1 Å². The fraction of sp³-hybridized carbons (Fsp3) is 0.429. The second kappa shape index (κ2) is 6.05. The minimum atomic E-state index is -0.111. The first-order chi connectivity index (χ1) is 9.15. The number of nitrogens with zero attached hydrogens (tertiary/aromatic N) is 2. The molecule has 0 aliphatic carbocycles. The smallest absolute Gasteiger partial charge is 0.254 e. The fourth-order valence-corrected chi connectivity index (χ4v) is 2.23. The van der Waals surface area contributed by atoms with Gasteiger partial charge in [0.2, 0.25) is 0 Å². The minimum Gasteiger partial charge on any atom is -0.373 e. The number of rotatable bonds is 2. The molecule has 19 heavy (non-hydrogen) atoms. The summed E-state index contributed by atoms with van der Waals surface area (Å²) >= 11 is 5.78. The van der Waals surface area contributed by atoms with E-state index in [1.807, 2.05) is 13.0 Å². The summed E-state index contributed by atoms with van der Waals surface area (Å²) in [6.07, 6.45) is -0.111. The first kappa shape index (κ1) is 13.9. The van der Waals surface area contributed by atoms with Crippen LogP contribution >= 0.6 is 11.6 Å². The summed E-state index contributed by atoms with van der Waals surface area (Å²) in [4.78, 5) is 14.2. The molecule has 1 aliphatic heterocycles. The molecule has 0 spiro atoms. The first-order valence-electron chi connectivity index (χ1n) is 6.14. The van der Waals surface area contributed by atoms with Crippen molar-refractivity contribution in [3.8, 4) is 6.07 Å². The summed E-state index contributed by atoms with van der Waals surface area (Å²) < 4.78 is 5.52. The summed E-state index contributed by atoms with van der Waals surface area (Å²) in [7, 11) is 0. The third-order valence-corrected chi connectivity index (χ3v) is 3.54. The van der Waals surface area contributed by atoms with Gasteiger partial charge in [-0.25, -0.2) is 0 Å². The highest BCUT2D eigenvalue weighted by Crippen LogP contribution is 2.16. The van der Waals surface area contributed by atoms with Gasteiger partial charge >= 0.3 is 0 Å². The predicted molar refractivity (Wildman–Crippen MR) is 72.1 cm³/mol. The number of ether oxygens (including phenoxy) is 1. The minimum absolute atomic E-state index is 0.0302. The van der Waals surface area contributed by atoms with Crippen LogP contribution in [0.2, 0.25) is 0 Å². The molecule has 0 saturated carbocycles. The zero-order valence-corrected chi connectivity index (χ0v) is 11.4. The average molecular weight is 279 g/mol. The van der Waals surface area contributed by atoms with E-state index in [0.29, 0.717) is 30.2 Å². The zero-order valence-electron chi connectivity index (χ0n) is 10.7. The van der Waals surface area contributed by atoms with Crippen LogP contribution in [0.4, 0.5) is 0 Å². The van der Waals surface area contributed by atoms with E-state index < -0.39 is 0 Å². The van der Waals surface area contributed by atoms with Gasteiger partial charge in [-0.3, -0.25) is 4.79 Å². The van der Waals surface area contributed by atoms with E-state index >= 15 is 0 Å². The Labute approximate surface area is 117 Å². The van der Waals surface area contributed by atoms with E-state index in [0.717, 1.165) is 0 Å². The molecule has 0 radical (unpaired) electrons. The Bertz CT molecular complexity index is 495. The highest BCUT2D eigenvalue weighted by Gasteiger charge is 2.29. The number of morpholine rings is 1. The maximum Gasteiger partial charge on any atom is 0.254 e. The number of halogens is 1. The van der Waals surface area contributed by atoms with Crippen LogP contribution in [0.15, 0.2) is 24.3 Å². The second-order valence-corrected chi connectivity index (χ2v) is 4.91. The molecule has 1 aliphatic rings. The topological polar surface area (TPSA) is 53.3 Å². The van der Waals surface area contributed by atoms with Gasteiger partial charge in [-0.2, -0.15) is 5.26 Å². The van der Waals surface area contributed by atoms with Crippen molar-refractivity contribution < 1.29 is 9.53 Å². The standard InChI is InChI=1S/C14H15ClN2O2/c1-10-9-19-13(6-15)8-17(10)14(18)12-4-2-11(7-16)3-5-12/h2-5,10,13H,6,8-9H2,1H3. The maximum atomic E-state index is 12.4. The molecule has 1 aromatic carbocycles. The second-order valence-electron chi connectivity index (χ2n) is 4.61. The molecule has 1 saturated heterocycles. The SMILES string of the molecule is CC1COC(CCl)CN1C(=O)c1ccc(C#N)cc1. The summed E-state index contributed by atoms with van der Waals surface area (Å²) in [6.45, 7) is 2.95. The van der Waals surface area contributed by atoms with Gasteiger partial charge in [-0.05, 0) is 31.2 Å². The van der Waals surface area contributed by atoms with Crippen molar-refractivity contribution in [1.29, 1.82) is 5.26 Å². The molecule has 1 aromatic rings. The van der Waals surface area contributed by atoms with Crippen molar-refractivity contribution in [1.82, 2.24) is 4.90 Å². The Kier molecular flexibility index (Phi) is 4.41. The van der Waals surface area contributed by atoms with Crippen LogP contribution in [0.3, 0.4) is 0 Å². The van der Waals surface area contributed by atoms with Crippen LogP contribution < -0.4 is 0 Å². The maximum absolute atomic E-state index is 12.4. The first-order valence-corrected chi connectivity index (χ1v) is 6.68.